The molecule has 1 heterocycles. The Morgan fingerprint density at radius 1 is 1.25 bits per heavy atom. The molecule has 1 saturated carbocycles. The van der Waals surface area contributed by atoms with Crippen LogP contribution in [0.25, 0.3) is 0 Å². The lowest BCUT2D eigenvalue weighted by Crippen LogP contribution is -2.39. The van der Waals surface area contributed by atoms with Crippen molar-refractivity contribution in [1.82, 2.24) is 10.6 Å². The van der Waals surface area contributed by atoms with E-state index in [1.54, 1.807) is 0 Å². The molecule has 6 heteroatoms. The summed E-state index contributed by atoms with van der Waals surface area (Å²) in [6.07, 6.45) is 9.01. The molecule has 0 bridgehead atoms. The van der Waals surface area contributed by atoms with Crippen molar-refractivity contribution in [3.05, 3.63) is 0 Å². The van der Waals surface area contributed by atoms with Gasteiger partial charge in [0.1, 0.15) is 0 Å². The van der Waals surface area contributed by atoms with Crippen molar-refractivity contribution in [2.24, 2.45) is 10.4 Å². The van der Waals surface area contributed by atoms with E-state index < -0.39 is 0 Å². The highest BCUT2D eigenvalue weighted by Crippen LogP contribution is 2.41. The maximum absolute atomic E-state index is 5.79. The number of ether oxygens (including phenoxy) is 2. The number of halogens is 1. The van der Waals surface area contributed by atoms with Gasteiger partial charge in [-0.05, 0) is 44.4 Å². The minimum Gasteiger partial charge on any atom is -0.379 e. The molecule has 0 aromatic rings. The second-order valence-corrected chi connectivity index (χ2v) is 6.89. The number of nitrogens with one attached hydrogen (secondary N) is 2. The Balaban J connectivity index is 0.00000288. The van der Waals surface area contributed by atoms with Crippen molar-refractivity contribution in [2.75, 3.05) is 39.5 Å². The van der Waals surface area contributed by atoms with Crippen molar-refractivity contribution in [3.63, 3.8) is 0 Å². The molecule has 1 aliphatic heterocycles. The van der Waals surface area contributed by atoms with Crippen molar-refractivity contribution in [3.8, 4) is 0 Å². The molecule has 0 radical (unpaired) electrons. The summed E-state index contributed by atoms with van der Waals surface area (Å²) in [6.45, 7) is 9.58. The summed E-state index contributed by atoms with van der Waals surface area (Å²) in [5.74, 6) is 0.955. The van der Waals surface area contributed by atoms with E-state index in [-0.39, 0.29) is 24.0 Å². The minimum atomic E-state index is 0. The zero-order valence-electron chi connectivity index (χ0n) is 15.4. The van der Waals surface area contributed by atoms with Crippen molar-refractivity contribution >= 4 is 29.9 Å². The molecule has 0 spiro atoms. The van der Waals surface area contributed by atoms with Crippen LogP contribution in [0.5, 0.6) is 0 Å². The molecular formula is C18H36IN3O2. The molecule has 0 amide bonds. The Morgan fingerprint density at radius 2 is 2.04 bits per heavy atom. The number of aliphatic imine (C=N–C) groups is 1. The molecule has 0 aromatic heterocycles. The molecule has 24 heavy (non-hydrogen) atoms. The fourth-order valence-electron chi connectivity index (χ4n) is 3.51. The molecule has 0 aromatic carbocycles. The number of hydrogen-bond donors (Lipinski definition) is 2. The fourth-order valence-corrected chi connectivity index (χ4v) is 3.51. The highest BCUT2D eigenvalue weighted by atomic mass is 127. The smallest absolute Gasteiger partial charge is 0.191 e. The quantitative estimate of drug-likeness (QED) is 0.244. The van der Waals surface area contributed by atoms with Crippen molar-refractivity contribution < 1.29 is 9.47 Å². The molecule has 1 aliphatic carbocycles. The van der Waals surface area contributed by atoms with E-state index in [2.05, 4.69) is 24.5 Å². The maximum Gasteiger partial charge on any atom is 0.191 e. The Labute approximate surface area is 164 Å². The molecule has 142 valence electrons. The number of hydrogen-bond acceptors (Lipinski definition) is 3. The second kappa shape index (κ2) is 12.3. The third-order valence-electron chi connectivity index (χ3n) is 5.19. The molecule has 2 N–H and O–H groups in total. The van der Waals surface area contributed by atoms with E-state index in [1.165, 1.54) is 32.1 Å². The zero-order chi connectivity index (χ0) is 16.4. The van der Waals surface area contributed by atoms with Gasteiger partial charge in [0, 0.05) is 32.8 Å². The average Bonchev–Trinajstić information content (AvgIpc) is 3.24. The van der Waals surface area contributed by atoms with E-state index in [0.29, 0.717) is 11.5 Å². The number of nitrogens with zero attached hydrogens (tertiary/aromatic N) is 1. The molecule has 1 atom stereocenters. The van der Waals surface area contributed by atoms with Gasteiger partial charge >= 0.3 is 0 Å². The molecule has 2 rings (SSSR count). The lowest BCUT2D eigenvalue weighted by molar-refractivity contribution is 0.0420. The summed E-state index contributed by atoms with van der Waals surface area (Å²) >= 11 is 0. The van der Waals surface area contributed by atoms with Gasteiger partial charge in [0.15, 0.2) is 5.96 Å². The van der Waals surface area contributed by atoms with Gasteiger partial charge in [0.2, 0.25) is 0 Å². The van der Waals surface area contributed by atoms with Crippen LogP contribution in [0.1, 0.15) is 58.8 Å². The van der Waals surface area contributed by atoms with Gasteiger partial charge in [0.25, 0.3) is 0 Å². The van der Waals surface area contributed by atoms with E-state index in [9.17, 15) is 0 Å². The Hall–Kier alpha value is -0.0800. The van der Waals surface area contributed by atoms with Gasteiger partial charge in [-0.25, -0.2) is 0 Å². The van der Waals surface area contributed by atoms with Crippen LogP contribution in [0.3, 0.4) is 0 Å². The monoisotopic (exact) mass is 453 g/mol. The molecule has 2 fully saturated rings. The minimum absolute atomic E-state index is 0. The van der Waals surface area contributed by atoms with Gasteiger partial charge < -0.3 is 20.1 Å². The maximum atomic E-state index is 5.79. The summed E-state index contributed by atoms with van der Waals surface area (Å²) in [5, 5.41) is 6.80. The highest BCUT2D eigenvalue weighted by molar-refractivity contribution is 14.0. The van der Waals surface area contributed by atoms with Crippen LogP contribution in [-0.4, -0.2) is 51.5 Å². The topological polar surface area (TPSA) is 54.9 Å². The van der Waals surface area contributed by atoms with Gasteiger partial charge in [-0.15, -0.1) is 24.0 Å². The van der Waals surface area contributed by atoms with Crippen LogP contribution in [0.2, 0.25) is 0 Å². The first-order valence-corrected chi connectivity index (χ1v) is 9.49. The van der Waals surface area contributed by atoms with Crippen LogP contribution in [0, 0.1) is 5.41 Å². The van der Waals surface area contributed by atoms with Crippen LogP contribution < -0.4 is 10.6 Å². The predicted molar refractivity (Wildman–Crippen MR) is 110 cm³/mol. The standard InChI is InChI=1S/C18H35N3O2.HI/c1-3-18(9-5-6-10-18)15-21-17(19-4-2)20-11-7-12-23-16-8-13-22-14-16;/h16H,3-15H2,1-2H3,(H2,19,20,21);1H. The van der Waals surface area contributed by atoms with Crippen LogP contribution >= 0.6 is 24.0 Å². The lowest BCUT2D eigenvalue weighted by Gasteiger charge is -2.25. The Kier molecular flexibility index (Phi) is 11.3. The van der Waals surface area contributed by atoms with E-state index in [1.807, 2.05) is 0 Å². The Bertz CT molecular complexity index is 354. The predicted octanol–water partition coefficient (Wildman–Crippen LogP) is 3.33. The SMILES string of the molecule is CCNC(=NCC1(CC)CCCC1)NCCCOC1CCOC1.I. The largest absolute Gasteiger partial charge is 0.379 e. The number of rotatable bonds is 9. The van der Waals surface area contributed by atoms with Crippen molar-refractivity contribution in [2.45, 2.75) is 64.9 Å². The fraction of sp³-hybridized carbons (Fsp3) is 0.944. The molecule has 1 unspecified atom stereocenters. The first-order chi connectivity index (χ1) is 11.3. The van der Waals surface area contributed by atoms with Gasteiger partial charge in [-0.3, -0.25) is 4.99 Å². The molecule has 1 saturated heterocycles. The van der Waals surface area contributed by atoms with E-state index >= 15 is 0 Å². The Morgan fingerprint density at radius 3 is 2.67 bits per heavy atom. The van der Waals surface area contributed by atoms with Crippen LogP contribution in [-0.2, 0) is 9.47 Å². The summed E-state index contributed by atoms with van der Waals surface area (Å²) < 4.78 is 11.1. The zero-order valence-corrected chi connectivity index (χ0v) is 17.8. The molecule has 2 aliphatic rings. The third-order valence-corrected chi connectivity index (χ3v) is 5.19. The van der Waals surface area contributed by atoms with E-state index in [4.69, 9.17) is 14.5 Å². The summed E-state index contributed by atoms with van der Waals surface area (Å²) in [7, 11) is 0. The third kappa shape index (κ3) is 7.44. The summed E-state index contributed by atoms with van der Waals surface area (Å²) in [6, 6.07) is 0. The summed E-state index contributed by atoms with van der Waals surface area (Å²) in [4.78, 5) is 4.85. The second-order valence-electron chi connectivity index (χ2n) is 6.89. The number of guanidine groups is 1. The van der Waals surface area contributed by atoms with Crippen molar-refractivity contribution in [1.29, 1.82) is 0 Å². The van der Waals surface area contributed by atoms with Crippen LogP contribution in [0.15, 0.2) is 4.99 Å². The average molecular weight is 453 g/mol. The normalized spacial score (nSPS) is 23.1. The molecule has 5 nitrogen and oxygen atoms in total. The first kappa shape index (κ1) is 22.0. The van der Waals surface area contributed by atoms with Gasteiger partial charge in [-0.1, -0.05) is 19.8 Å². The van der Waals surface area contributed by atoms with Gasteiger partial charge in [-0.2, -0.15) is 0 Å². The van der Waals surface area contributed by atoms with E-state index in [0.717, 1.165) is 58.3 Å². The lowest BCUT2D eigenvalue weighted by atomic mass is 9.84. The highest BCUT2D eigenvalue weighted by Gasteiger charge is 2.31. The first-order valence-electron chi connectivity index (χ1n) is 9.49. The summed E-state index contributed by atoms with van der Waals surface area (Å²) in [5.41, 5.74) is 0.452. The molecular weight excluding hydrogens is 417 g/mol. The van der Waals surface area contributed by atoms with Crippen LogP contribution in [0.4, 0.5) is 0 Å². The van der Waals surface area contributed by atoms with Gasteiger partial charge in [0.05, 0.1) is 12.7 Å².